The van der Waals surface area contributed by atoms with Crippen molar-refractivity contribution in [1.29, 1.82) is 0 Å². The third-order valence-corrected chi connectivity index (χ3v) is 3.84. The molecule has 20 heavy (non-hydrogen) atoms. The van der Waals surface area contributed by atoms with Crippen LogP contribution >= 0.6 is 0 Å². The standard InChI is InChI=1S/C16H22F2O2/c1-2-3-10-20-12-6-4-11(5-7-12)13-8-9-14(19)16(18)15(13)17/h4,8,12,14,19H,2-3,5-7,9-10H2,1H3/t12?,14-/m0/s1. The number of rotatable bonds is 5. The summed E-state index contributed by atoms with van der Waals surface area (Å²) in [5, 5.41) is 9.27. The number of ether oxygens (including phenoxy) is 1. The van der Waals surface area contributed by atoms with Gasteiger partial charge in [-0.1, -0.05) is 25.5 Å². The molecule has 0 saturated carbocycles. The SMILES string of the molecule is CCCCOC1CC=C(C2=CC[C@H](O)C(F)=C2F)CC1. The number of allylic oxidation sites excluding steroid dienone is 3. The Balaban J connectivity index is 1.95. The number of halogens is 2. The smallest absolute Gasteiger partial charge is 0.165 e. The molecule has 1 N–H and O–H groups in total. The van der Waals surface area contributed by atoms with Gasteiger partial charge in [0.05, 0.1) is 6.10 Å². The average Bonchev–Trinajstić information content (AvgIpc) is 2.46. The van der Waals surface area contributed by atoms with Crippen LogP contribution in [-0.2, 0) is 4.74 Å². The van der Waals surface area contributed by atoms with Gasteiger partial charge in [-0.05, 0) is 37.7 Å². The molecule has 112 valence electrons. The van der Waals surface area contributed by atoms with Crippen LogP contribution in [-0.4, -0.2) is 23.9 Å². The predicted molar refractivity (Wildman–Crippen MR) is 74.5 cm³/mol. The first-order chi connectivity index (χ1) is 9.63. The molecule has 2 aliphatic rings. The number of aliphatic hydroxyl groups is 1. The summed E-state index contributed by atoms with van der Waals surface area (Å²) in [5.41, 5.74) is 1.15. The Hall–Kier alpha value is -1.00. The van der Waals surface area contributed by atoms with E-state index in [9.17, 15) is 13.9 Å². The molecule has 0 radical (unpaired) electrons. The van der Waals surface area contributed by atoms with Gasteiger partial charge in [0, 0.05) is 12.2 Å². The molecule has 2 nitrogen and oxygen atoms in total. The summed E-state index contributed by atoms with van der Waals surface area (Å²) in [6.45, 7) is 2.89. The molecule has 0 aromatic carbocycles. The maximum absolute atomic E-state index is 13.8. The zero-order valence-electron chi connectivity index (χ0n) is 11.9. The van der Waals surface area contributed by atoms with Crippen molar-refractivity contribution >= 4 is 0 Å². The summed E-state index contributed by atoms with van der Waals surface area (Å²) in [4.78, 5) is 0. The Bertz CT molecular complexity index is 438. The number of aliphatic hydroxyl groups excluding tert-OH is 1. The average molecular weight is 284 g/mol. The van der Waals surface area contributed by atoms with Crippen molar-refractivity contribution in [2.24, 2.45) is 0 Å². The Morgan fingerprint density at radius 3 is 2.75 bits per heavy atom. The largest absolute Gasteiger partial charge is 0.386 e. The Morgan fingerprint density at radius 1 is 1.30 bits per heavy atom. The summed E-state index contributed by atoms with van der Waals surface area (Å²) in [7, 11) is 0. The van der Waals surface area contributed by atoms with Gasteiger partial charge in [0.25, 0.3) is 0 Å². The molecule has 0 spiro atoms. The van der Waals surface area contributed by atoms with Gasteiger partial charge in [0.2, 0.25) is 0 Å². The first kappa shape index (κ1) is 15.4. The maximum Gasteiger partial charge on any atom is 0.165 e. The van der Waals surface area contributed by atoms with Gasteiger partial charge < -0.3 is 9.84 Å². The molecule has 1 unspecified atom stereocenters. The molecule has 0 bridgehead atoms. The fourth-order valence-corrected chi connectivity index (χ4v) is 2.57. The van der Waals surface area contributed by atoms with Gasteiger partial charge in [0.15, 0.2) is 11.7 Å². The minimum Gasteiger partial charge on any atom is -0.386 e. The second kappa shape index (κ2) is 7.14. The molecule has 2 rings (SSSR count). The van der Waals surface area contributed by atoms with Gasteiger partial charge in [-0.25, -0.2) is 8.78 Å². The van der Waals surface area contributed by atoms with Gasteiger partial charge in [-0.15, -0.1) is 0 Å². The van der Waals surface area contributed by atoms with Crippen LogP contribution in [0.3, 0.4) is 0 Å². The number of unbranched alkanes of at least 4 members (excludes halogenated alkanes) is 1. The Kier molecular flexibility index (Phi) is 5.49. The Labute approximate surface area is 118 Å². The fourth-order valence-electron chi connectivity index (χ4n) is 2.57. The molecule has 4 heteroatoms. The molecule has 2 atom stereocenters. The first-order valence-corrected chi connectivity index (χ1v) is 7.38. The van der Waals surface area contributed by atoms with E-state index >= 15 is 0 Å². The monoisotopic (exact) mass is 284 g/mol. The third kappa shape index (κ3) is 3.55. The van der Waals surface area contributed by atoms with E-state index in [2.05, 4.69) is 6.92 Å². The van der Waals surface area contributed by atoms with Crippen molar-refractivity contribution < 1.29 is 18.6 Å². The van der Waals surface area contributed by atoms with Crippen molar-refractivity contribution in [3.8, 4) is 0 Å². The highest BCUT2D eigenvalue weighted by molar-refractivity contribution is 5.48. The van der Waals surface area contributed by atoms with E-state index in [0.717, 1.165) is 37.9 Å². The van der Waals surface area contributed by atoms with Crippen LogP contribution in [0.25, 0.3) is 0 Å². The van der Waals surface area contributed by atoms with Crippen LogP contribution in [0.4, 0.5) is 8.78 Å². The second-order valence-electron chi connectivity index (χ2n) is 5.38. The van der Waals surface area contributed by atoms with Gasteiger partial charge in [-0.2, -0.15) is 0 Å². The van der Waals surface area contributed by atoms with Crippen LogP contribution < -0.4 is 0 Å². The summed E-state index contributed by atoms with van der Waals surface area (Å²) in [5.74, 6) is -1.94. The summed E-state index contributed by atoms with van der Waals surface area (Å²) < 4.78 is 33.0. The van der Waals surface area contributed by atoms with E-state index in [4.69, 9.17) is 4.74 Å². The Morgan fingerprint density at radius 2 is 2.10 bits per heavy atom. The highest BCUT2D eigenvalue weighted by atomic mass is 19.2. The minimum atomic E-state index is -1.33. The third-order valence-electron chi connectivity index (χ3n) is 3.84. The minimum absolute atomic E-state index is 0.141. The molecule has 0 aromatic heterocycles. The lowest BCUT2D eigenvalue weighted by Crippen LogP contribution is -2.19. The molecule has 0 heterocycles. The van der Waals surface area contributed by atoms with Crippen molar-refractivity contribution in [2.45, 2.75) is 57.7 Å². The van der Waals surface area contributed by atoms with Crippen LogP contribution in [0, 0.1) is 0 Å². The lowest BCUT2D eigenvalue weighted by molar-refractivity contribution is 0.0450. The van der Waals surface area contributed by atoms with Crippen molar-refractivity contribution in [3.05, 3.63) is 35.0 Å². The van der Waals surface area contributed by atoms with Crippen LogP contribution in [0.5, 0.6) is 0 Å². The van der Waals surface area contributed by atoms with Crippen LogP contribution in [0.1, 0.15) is 45.4 Å². The first-order valence-electron chi connectivity index (χ1n) is 7.38. The number of hydrogen-bond donors (Lipinski definition) is 1. The predicted octanol–water partition coefficient (Wildman–Crippen LogP) is 4.12. The lowest BCUT2D eigenvalue weighted by Gasteiger charge is -2.25. The van der Waals surface area contributed by atoms with Crippen molar-refractivity contribution in [3.63, 3.8) is 0 Å². The number of hydrogen-bond acceptors (Lipinski definition) is 2. The molecule has 2 aliphatic carbocycles. The van der Waals surface area contributed by atoms with E-state index in [0.29, 0.717) is 12.0 Å². The summed E-state index contributed by atoms with van der Waals surface area (Å²) >= 11 is 0. The molecular formula is C16H22F2O2. The lowest BCUT2D eigenvalue weighted by atomic mass is 9.88. The van der Waals surface area contributed by atoms with E-state index in [1.54, 1.807) is 6.08 Å². The van der Waals surface area contributed by atoms with Crippen LogP contribution in [0.2, 0.25) is 0 Å². The van der Waals surface area contributed by atoms with Crippen molar-refractivity contribution in [1.82, 2.24) is 0 Å². The van der Waals surface area contributed by atoms with Gasteiger partial charge in [-0.3, -0.25) is 0 Å². The summed E-state index contributed by atoms with van der Waals surface area (Å²) in [6, 6.07) is 0. The summed E-state index contributed by atoms with van der Waals surface area (Å²) in [6.07, 6.45) is 6.98. The van der Waals surface area contributed by atoms with Crippen LogP contribution in [0.15, 0.2) is 35.0 Å². The zero-order valence-corrected chi connectivity index (χ0v) is 11.9. The van der Waals surface area contributed by atoms with Crippen molar-refractivity contribution in [2.75, 3.05) is 6.61 Å². The molecule has 0 aliphatic heterocycles. The second-order valence-corrected chi connectivity index (χ2v) is 5.38. The molecular weight excluding hydrogens is 262 g/mol. The van der Waals surface area contributed by atoms with E-state index in [1.165, 1.54) is 0 Å². The fraction of sp³-hybridized carbons (Fsp3) is 0.625. The molecule has 0 amide bonds. The quantitative estimate of drug-likeness (QED) is 0.769. The topological polar surface area (TPSA) is 29.5 Å². The highest BCUT2D eigenvalue weighted by Crippen LogP contribution is 2.36. The molecule has 0 fully saturated rings. The zero-order chi connectivity index (χ0) is 14.5. The highest BCUT2D eigenvalue weighted by Gasteiger charge is 2.27. The van der Waals surface area contributed by atoms with E-state index in [-0.39, 0.29) is 12.5 Å². The molecule has 0 aromatic rings. The van der Waals surface area contributed by atoms with Gasteiger partial charge in [0.1, 0.15) is 6.10 Å². The molecule has 0 saturated heterocycles. The van der Waals surface area contributed by atoms with E-state index in [1.807, 2.05) is 6.08 Å². The maximum atomic E-state index is 13.8. The van der Waals surface area contributed by atoms with E-state index < -0.39 is 17.8 Å². The normalized spacial score (nSPS) is 27.4. The van der Waals surface area contributed by atoms with Gasteiger partial charge >= 0.3 is 0 Å².